The minimum absolute atomic E-state index is 0.0639. The zero-order valence-corrected chi connectivity index (χ0v) is 24.6. The molecule has 1 N–H and O–H groups in total. The van der Waals surface area contributed by atoms with Gasteiger partial charge in [-0.15, -0.1) is 0 Å². The van der Waals surface area contributed by atoms with Crippen molar-refractivity contribution < 1.29 is 19.4 Å². The van der Waals surface area contributed by atoms with Crippen molar-refractivity contribution in [3.05, 3.63) is 23.8 Å². The molecule has 0 aromatic heterocycles. The fourth-order valence-corrected chi connectivity index (χ4v) is 8.26. The molecule has 3 rings (SSSR count). The molecule has 206 valence electrons. The summed E-state index contributed by atoms with van der Waals surface area (Å²) in [5.74, 6) is 1.35. The van der Waals surface area contributed by atoms with Gasteiger partial charge in [0, 0.05) is 19.6 Å². The van der Waals surface area contributed by atoms with Gasteiger partial charge in [-0.05, 0) is 87.4 Å². The van der Waals surface area contributed by atoms with Crippen LogP contribution in [0.5, 0.6) is 0 Å². The molecule has 0 radical (unpaired) electrons. The van der Waals surface area contributed by atoms with Crippen molar-refractivity contribution in [1.29, 1.82) is 0 Å². The molecule has 4 nitrogen and oxygen atoms in total. The third-order valence-electron chi connectivity index (χ3n) is 11.2. The topological polar surface area (TPSA) is 55.8 Å². The maximum Gasteiger partial charge on any atom is 0.126 e. The quantitative estimate of drug-likeness (QED) is 0.296. The lowest BCUT2D eigenvalue weighted by Gasteiger charge is -2.52. The van der Waals surface area contributed by atoms with E-state index in [9.17, 15) is 9.90 Å². The van der Waals surface area contributed by atoms with E-state index in [0.29, 0.717) is 17.8 Å². The number of carbonyl (C=O) groups is 1. The van der Waals surface area contributed by atoms with E-state index in [-0.39, 0.29) is 40.0 Å². The van der Waals surface area contributed by atoms with Crippen LogP contribution in [0.25, 0.3) is 0 Å². The van der Waals surface area contributed by atoms with Crippen LogP contribution in [0.15, 0.2) is 23.8 Å². The number of carbonyl (C=O) groups excluding carboxylic acids is 1. The van der Waals surface area contributed by atoms with Crippen LogP contribution >= 0.6 is 0 Å². The second-order valence-electron chi connectivity index (χ2n) is 13.8. The second kappa shape index (κ2) is 11.0. The minimum atomic E-state index is -0.344. The van der Waals surface area contributed by atoms with Gasteiger partial charge in [0.1, 0.15) is 6.29 Å². The summed E-state index contributed by atoms with van der Waals surface area (Å²) in [5.41, 5.74) is 0.704. The third kappa shape index (κ3) is 5.29. The highest BCUT2D eigenvalue weighted by molar-refractivity contribution is 5.58. The van der Waals surface area contributed by atoms with Crippen molar-refractivity contribution >= 4 is 6.29 Å². The molecular weight excluding hydrogens is 448 g/mol. The second-order valence-corrected chi connectivity index (χ2v) is 13.8. The molecule has 0 spiro atoms. The summed E-state index contributed by atoms with van der Waals surface area (Å²) >= 11 is 0. The number of hydrogen-bond donors (Lipinski definition) is 1. The normalized spacial score (nSPS) is 41.7. The number of methoxy groups -OCH3 is 2. The molecule has 0 saturated heterocycles. The fraction of sp³-hybridized carbons (Fsp3) is 0.844. The zero-order valence-electron chi connectivity index (χ0n) is 24.6. The Morgan fingerprint density at radius 1 is 1.08 bits per heavy atom. The van der Waals surface area contributed by atoms with Crippen LogP contribution in [0.2, 0.25) is 0 Å². The average molecular weight is 503 g/mol. The molecule has 0 aromatic rings. The number of aldehydes is 1. The Morgan fingerprint density at radius 3 is 2.39 bits per heavy atom. The van der Waals surface area contributed by atoms with Gasteiger partial charge in [-0.25, -0.2) is 0 Å². The van der Waals surface area contributed by atoms with Gasteiger partial charge in [-0.2, -0.15) is 0 Å². The summed E-state index contributed by atoms with van der Waals surface area (Å²) in [6, 6.07) is 0. The largest absolute Gasteiger partial charge is 0.392 e. The lowest BCUT2D eigenvalue weighted by Crippen LogP contribution is -2.49. The molecule has 36 heavy (non-hydrogen) atoms. The molecule has 8 atom stereocenters. The molecule has 3 aliphatic carbocycles. The predicted molar refractivity (Wildman–Crippen MR) is 148 cm³/mol. The highest BCUT2D eigenvalue weighted by Gasteiger charge is 2.60. The van der Waals surface area contributed by atoms with Crippen LogP contribution in [0.1, 0.15) is 99.8 Å². The molecule has 0 heterocycles. The summed E-state index contributed by atoms with van der Waals surface area (Å²) in [6.45, 7) is 15.8. The molecule has 3 aliphatic rings. The predicted octanol–water partition coefficient (Wildman–Crippen LogP) is 7.15. The SMILES string of the molecule is CO[C@H]1/C=C2\[C@H](CCC[C@]3(C)C(C(C)C/C=C/C(C)(C)OC)CC[C@@]3(C)[C@H]1C=O)CC[C@H](O)C2(C)C. The third-order valence-corrected chi connectivity index (χ3v) is 11.2. The Balaban J connectivity index is 1.99. The maximum absolute atomic E-state index is 12.9. The molecule has 2 saturated carbocycles. The maximum atomic E-state index is 12.9. The van der Waals surface area contributed by atoms with Gasteiger partial charge in [0.05, 0.1) is 23.7 Å². The van der Waals surface area contributed by atoms with Crippen LogP contribution < -0.4 is 0 Å². The van der Waals surface area contributed by atoms with Crippen LogP contribution in [0, 0.1) is 39.9 Å². The first-order chi connectivity index (χ1) is 16.8. The zero-order chi connectivity index (χ0) is 26.9. The fourth-order valence-electron chi connectivity index (χ4n) is 8.26. The molecule has 2 unspecified atom stereocenters. The first-order valence-corrected chi connectivity index (χ1v) is 14.4. The van der Waals surface area contributed by atoms with Gasteiger partial charge in [0.15, 0.2) is 0 Å². The molecular formula is C32H54O4. The van der Waals surface area contributed by atoms with E-state index >= 15 is 0 Å². The Bertz CT molecular complexity index is 826. The van der Waals surface area contributed by atoms with E-state index in [1.165, 1.54) is 18.3 Å². The van der Waals surface area contributed by atoms with Crippen LogP contribution in [-0.4, -0.2) is 43.4 Å². The lowest BCUT2D eigenvalue weighted by atomic mass is 9.53. The van der Waals surface area contributed by atoms with Crippen LogP contribution in [-0.2, 0) is 14.3 Å². The minimum Gasteiger partial charge on any atom is -0.392 e. The molecule has 0 aromatic carbocycles. The lowest BCUT2D eigenvalue weighted by molar-refractivity contribution is -0.127. The van der Waals surface area contributed by atoms with Crippen molar-refractivity contribution in [1.82, 2.24) is 0 Å². The van der Waals surface area contributed by atoms with Crippen molar-refractivity contribution in [2.75, 3.05) is 14.2 Å². The number of allylic oxidation sites excluding steroid dienone is 1. The number of ether oxygens (including phenoxy) is 2. The number of fused-ring (bicyclic) bond motifs is 2. The first-order valence-electron chi connectivity index (χ1n) is 14.4. The molecule has 4 heteroatoms. The summed E-state index contributed by atoms with van der Waals surface area (Å²) in [7, 11) is 3.51. The number of hydrogen-bond acceptors (Lipinski definition) is 4. The highest BCUT2D eigenvalue weighted by atomic mass is 16.5. The van der Waals surface area contributed by atoms with Crippen LogP contribution in [0.3, 0.4) is 0 Å². The number of rotatable bonds is 7. The van der Waals surface area contributed by atoms with Crippen LogP contribution in [0.4, 0.5) is 0 Å². The average Bonchev–Trinajstić information content (AvgIpc) is 3.08. The molecule has 0 bridgehead atoms. The van der Waals surface area contributed by atoms with E-state index in [1.807, 2.05) is 0 Å². The van der Waals surface area contributed by atoms with Gasteiger partial charge in [0.2, 0.25) is 0 Å². The standard InChI is InChI=1S/C32H54O4/c1-22(12-10-17-29(2,3)36-9)24-16-19-32(7)26(21-33)27(35-8)20-25-23(13-11-18-31(24,32)6)14-15-28(34)30(25,4)5/h10,17,20-24,26-28,34H,11-16,18-19H2,1-9H3/b17-10+,25-20+/t22?,23-,24?,26+,27+,28+,31-,32+/m1/s1. The summed E-state index contributed by atoms with van der Waals surface area (Å²) in [6.07, 6.45) is 15.9. The van der Waals surface area contributed by atoms with Gasteiger partial charge in [0.25, 0.3) is 0 Å². The van der Waals surface area contributed by atoms with Gasteiger partial charge < -0.3 is 19.4 Å². The Hall–Kier alpha value is -0.970. The van der Waals surface area contributed by atoms with Crippen molar-refractivity contribution in [3.63, 3.8) is 0 Å². The Morgan fingerprint density at radius 2 is 1.78 bits per heavy atom. The Kier molecular flexibility index (Phi) is 9.06. The van der Waals surface area contributed by atoms with E-state index in [1.54, 1.807) is 14.2 Å². The Labute approximate surface area is 221 Å². The molecule has 2 fully saturated rings. The van der Waals surface area contributed by atoms with Crippen molar-refractivity contribution in [2.45, 2.75) is 118 Å². The number of aliphatic hydroxyl groups is 1. The van der Waals surface area contributed by atoms with Gasteiger partial charge in [-0.1, -0.05) is 64.8 Å². The van der Waals surface area contributed by atoms with Gasteiger partial charge >= 0.3 is 0 Å². The van der Waals surface area contributed by atoms with E-state index in [0.717, 1.165) is 44.9 Å². The van der Waals surface area contributed by atoms with Crippen molar-refractivity contribution in [3.8, 4) is 0 Å². The summed E-state index contributed by atoms with van der Waals surface area (Å²) in [4.78, 5) is 12.9. The monoisotopic (exact) mass is 502 g/mol. The molecule has 0 aliphatic heterocycles. The number of aliphatic hydroxyl groups excluding tert-OH is 1. The molecule has 0 amide bonds. The van der Waals surface area contributed by atoms with E-state index in [4.69, 9.17) is 9.47 Å². The van der Waals surface area contributed by atoms with Crippen molar-refractivity contribution in [2.24, 2.45) is 39.9 Å². The van der Waals surface area contributed by atoms with E-state index < -0.39 is 0 Å². The smallest absolute Gasteiger partial charge is 0.126 e. The van der Waals surface area contributed by atoms with E-state index in [2.05, 4.69) is 66.7 Å². The summed E-state index contributed by atoms with van der Waals surface area (Å²) in [5, 5.41) is 10.9. The van der Waals surface area contributed by atoms with Gasteiger partial charge in [-0.3, -0.25) is 0 Å². The highest BCUT2D eigenvalue weighted by Crippen LogP contribution is 2.65. The summed E-state index contributed by atoms with van der Waals surface area (Å²) < 4.78 is 11.7. The first kappa shape index (κ1) is 29.6.